The summed E-state index contributed by atoms with van der Waals surface area (Å²) in [4.78, 5) is 13.0. The van der Waals surface area contributed by atoms with Crippen molar-refractivity contribution in [1.82, 2.24) is 0 Å². The summed E-state index contributed by atoms with van der Waals surface area (Å²) in [6.45, 7) is 0.736. The van der Waals surface area contributed by atoms with E-state index >= 15 is 0 Å². The van der Waals surface area contributed by atoms with Gasteiger partial charge in [0.25, 0.3) is 0 Å². The third kappa shape index (κ3) is 1.65. The summed E-state index contributed by atoms with van der Waals surface area (Å²) in [5, 5.41) is 9.07. The lowest BCUT2D eigenvalue weighted by molar-refractivity contribution is 0.0296. The first-order valence-corrected chi connectivity index (χ1v) is 6.36. The van der Waals surface area contributed by atoms with E-state index in [1.807, 2.05) is 11.9 Å². The normalized spacial score (nSPS) is 21.5. The third-order valence-corrected chi connectivity index (χ3v) is 3.92. The molecule has 1 aliphatic heterocycles. The molecule has 5 nitrogen and oxygen atoms in total. The Morgan fingerprint density at radius 3 is 2.78 bits per heavy atom. The summed E-state index contributed by atoms with van der Waals surface area (Å²) in [5.41, 5.74) is 0.415. The van der Waals surface area contributed by atoms with Crippen LogP contribution in [0.2, 0.25) is 0 Å². The zero-order valence-corrected chi connectivity index (χ0v) is 10.4. The lowest BCUT2D eigenvalue weighted by Crippen LogP contribution is -2.50. The first-order chi connectivity index (χ1) is 8.61. The minimum atomic E-state index is -1.05. The van der Waals surface area contributed by atoms with Crippen molar-refractivity contribution in [2.24, 2.45) is 0 Å². The second-order valence-corrected chi connectivity index (χ2v) is 5.28. The molecule has 18 heavy (non-hydrogen) atoms. The highest BCUT2D eigenvalue weighted by molar-refractivity contribution is 5.93. The van der Waals surface area contributed by atoms with E-state index in [9.17, 15) is 4.79 Å². The van der Waals surface area contributed by atoms with Gasteiger partial charge in [-0.3, -0.25) is 0 Å². The van der Waals surface area contributed by atoms with Crippen LogP contribution in [-0.4, -0.2) is 30.3 Å². The summed E-state index contributed by atoms with van der Waals surface area (Å²) in [6.07, 6.45) is 7.09. The van der Waals surface area contributed by atoms with Crippen LogP contribution in [0.1, 0.15) is 42.7 Å². The van der Waals surface area contributed by atoms with Crippen molar-refractivity contribution in [3.05, 3.63) is 12.0 Å². The Morgan fingerprint density at radius 1 is 1.39 bits per heavy atom. The van der Waals surface area contributed by atoms with Crippen LogP contribution in [0.5, 0.6) is 5.75 Å². The number of anilines is 1. The maximum Gasteiger partial charge on any atom is 0.374 e. The summed E-state index contributed by atoms with van der Waals surface area (Å²) in [7, 11) is 1.90. The predicted molar refractivity (Wildman–Crippen MR) is 65.4 cm³/mol. The van der Waals surface area contributed by atoms with Crippen molar-refractivity contribution in [3.8, 4) is 5.75 Å². The molecule has 0 atom stereocenters. The van der Waals surface area contributed by atoms with E-state index in [0.29, 0.717) is 11.4 Å². The SMILES string of the molecule is CN1CC2(CCCCC2)Oc2coc(C(=O)O)c21. The molecule has 1 aromatic rings. The molecule has 1 aromatic heterocycles. The molecule has 5 heteroatoms. The van der Waals surface area contributed by atoms with Crippen molar-refractivity contribution in [2.45, 2.75) is 37.7 Å². The van der Waals surface area contributed by atoms with Gasteiger partial charge in [0.05, 0.1) is 6.54 Å². The number of ether oxygens (including phenoxy) is 1. The molecule has 0 amide bonds. The highest BCUT2D eigenvalue weighted by atomic mass is 16.5. The summed E-state index contributed by atoms with van der Waals surface area (Å²) in [5.74, 6) is -0.507. The van der Waals surface area contributed by atoms with Gasteiger partial charge in [-0.05, 0) is 25.7 Å². The predicted octanol–water partition coefficient (Wildman–Crippen LogP) is 2.51. The van der Waals surface area contributed by atoms with Crippen LogP contribution in [0.4, 0.5) is 5.69 Å². The van der Waals surface area contributed by atoms with Crippen molar-refractivity contribution >= 4 is 11.7 Å². The van der Waals surface area contributed by atoms with Gasteiger partial charge >= 0.3 is 5.97 Å². The Hall–Kier alpha value is -1.65. The number of carbonyl (C=O) groups is 1. The third-order valence-electron chi connectivity index (χ3n) is 3.92. The first-order valence-electron chi connectivity index (χ1n) is 6.36. The average molecular weight is 251 g/mol. The number of rotatable bonds is 1. The quantitative estimate of drug-likeness (QED) is 0.830. The Bertz CT molecular complexity index is 473. The molecule has 2 aliphatic rings. The molecule has 98 valence electrons. The molecule has 3 rings (SSSR count). The maximum atomic E-state index is 11.1. The Morgan fingerprint density at radius 2 is 2.11 bits per heavy atom. The molecular formula is C13H17NO4. The second kappa shape index (κ2) is 3.93. The smallest absolute Gasteiger partial charge is 0.374 e. The summed E-state index contributed by atoms with van der Waals surface area (Å²) in [6, 6.07) is 0. The molecule has 1 N–H and O–H groups in total. The number of furan rings is 1. The number of aromatic carboxylic acids is 1. The number of hydrogen-bond acceptors (Lipinski definition) is 4. The second-order valence-electron chi connectivity index (χ2n) is 5.28. The highest BCUT2D eigenvalue weighted by Gasteiger charge is 2.42. The molecule has 0 aromatic carbocycles. The van der Waals surface area contributed by atoms with Crippen LogP contribution >= 0.6 is 0 Å². The van der Waals surface area contributed by atoms with Gasteiger partial charge in [-0.25, -0.2) is 4.79 Å². The van der Waals surface area contributed by atoms with Crippen LogP contribution in [0.25, 0.3) is 0 Å². The largest absolute Gasteiger partial charge is 0.480 e. The summed E-state index contributed by atoms with van der Waals surface area (Å²) < 4.78 is 11.2. The molecule has 1 fully saturated rings. The van der Waals surface area contributed by atoms with Crippen LogP contribution in [0.3, 0.4) is 0 Å². The number of carboxylic acids is 1. The van der Waals surface area contributed by atoms with E-state index in [0.717, 1.165) is 19.4 Å². The van der Waals surface area contributed by atoms with Gasteiger partial charge in [-0.1, -0.05) is 6.42 Å². The molecule has 1 saturated carbocycles. The van der Waals surface area contributed by atoms with Crippen molar-refractivity contribution < 1.29 is 19.1 Å². The maximum absolute atomic E-state index is 11.1. The zero-order chi connectivity index (χ0) is 12.8. The minimum Gasteiger partial charge on any atom is -0.480 e. The molecule has 1 spiro atoms. The van der Waals surface area contributed by atoms with Crippen LogP contribution in [0.15, 0.2) is 10.7 Å². The molecule has 0 saturated heterocycles. The fourth-order valence-corrected chi connectivity index (χ4v) is 3.15. The van der Waals surface area contributed by atoms with Gasteiger partial charge in [-0.2, -0.15) is 0 Å². The topological polar surface area (TPSA) is 62.9 Å². The van der Waals surface area contributed by atoms with Gasteiger partial charge in [0.15, 0.2) is 5.75 Å². The molecule has 0 bridgehead atoms. The van der Waals surface area contributed by atoms with E-state index in [2.05, 4.69) is 0 Å². The standard InChI is InChI=1S/C13H17NO4/c1-14-8-13(5-3-2-4-6-13)18-9-7-17-11(10(9)14)12(15)16/h7H,2-6,8H2,1H3,(H,15,16). The molecule has 0 unspecified atom stereocenters. The Labute approximate surface area is 105 Å². The highest BCUT2D eigenvalue weighted by Crippen LogP contribution is 2.44. The molecule has 1 aliphatic carbocycles. The lowest BCUT2D eigenvalue weighted by Gasteiger charge is -2.44. The fraction of sp³-hybridized carbons (Fsp3) is 0.615. The van der Waals surface area contributed by atoms with Gasteiger partial charge in [-0.15, -0.1) is 0 Å². The molecular weight excluding hydrogens is 234 g/mol. The monoisotopic (exact) mass is 251 g/mol. The fourth-order valence-electron chi connectivity index (χ4n) is 3.15. The van der Waals surface area contributed by atoms with E-state index in [4.69, 9.17) is 14.3 Å². The van der Waals surface area contributed by atoms with Crippen molar-refractivity contribution in [1.29, 1.82) is 0 Å². The number of likely N-dealkylation sites (N-methyl/N-ethyl adjacent to an activating group) is 1. The van der Waals surface area contributed by atoms with Gasteiger partial charge in [0.2, 0.25) is 5.76 Å². The Balaban J connectivity index is 1.96. The van der Waals surface area contributed by atoms with Crippen LogP contribution < -0.4 is 9.64 Å². The van der Waals surface area contributed by atoms with Gasteiger partial charge < -0.3 is 19.2 Å². The van der Waals surface area contributed by atoms with E-state index in [1.165, 1.54) is 25.5 Å². The van der Waals surface area contributed by atoms with Crippen LogP contribution in [-0.2, 0) is 0 Å². The number of hydrogen-bond donors (Lipinski definition) is 1. The Kier molecular flexibility index (Phi) is 2.50. The number of fused-ring (bicyclic) bond motifs is 1. The molecule has 2 heterocycles. The van der Waals surface area contributed by atoms with E-state index in [-0.39, 0.29) is 11.4 Å². The van der Waals surface area contributed by atoms with Gasteiger partial charge in [0, 0.05) is 7.05 Å². The zero-order valence-electron chi connectivity index (χ0n) is 10.4. The summed E-state index contributed by atoms with van der Waals surface area (Å²) >= 11 is 0. The number of nitrogens with zero attached hydrogens (tertiary/aromatic N) is 1. The van der Waals surface area contributed by atoms with Crippen LogP contribution in [0, 0.1) is 0 Å². The van der Waals surface area contributed by atoms with Crippen molar-refractivity contribution in [2.75, 3.05) is 18.5 Å². The van der Waals surface area contributed by atoms with Gasteiger partial charge in [0.1, 0.15) is 17.6 Å². The lowest BCUT2D eigenvalue weighted by atomic mass is 9.83. The number of carboxylic acid groups (broad SMARTS) is 1. The minimum absolute atomic E-state index is 0.0295. The molecule has 0 radical (unpaired) electrons. The first kappa shape index (κ1) is 11.4. The average Bonchev–Trinajstić information content (AvgIpc) is 2.73. The van der Waals surface area contributed by atoms with Crippen molar-refractivity contribution in [3.63, 3.8) is 0 Å². The van der Waals surface area contributed by atoms with E-state index in [1.54, 1.807) is 0 Å². The van der Waals surface area contributed by atoms with E-state index < -0.39 is 5.97 Å².